The van der Waals surface area contributed by atoms with Gasteiger partial charge in [-0.15, -0.1) is 0 Å². The van der Waals surface area contributed by atoms with Crippen LogP contribution < -0.4 is 10.1 Å². The predicted molar refractivity (Wildman–Crippen MR) is 96.8 cm³/mol. The summed E-state index contributed by atoms with van der Waals surface area (Å²) in [6.07, 6.45) is 1.80. The second-order valence-corrected chi connectivity index (χ2v) is 6.89. The molecular formula is C19H25N3O3. The van der Waals surface area contributed by atoms with Gasteiger partial charge in [0.1, 0.15) is 11.4 Å². The fourth-order valence-corrected chi connectivity index (χ4v) is 3.17. The van der Waals surface area contributed by atoms with Crippen LogP contribution >= 0.6 is 0 Å². The number of ether oxygens (including phenoxy) is 1. The molecule has 3 rings (SSSR count). The van der Waals surface area contributed by atoms with Crippen LogP contribution in [-0.2, 0) is 4.79 Å². The Morgan fingerprint density at radius 1 is 1.32 bits per heavy atom. The topological polar surface area (TPSA) is 74.4 Å². The molecular weight excluding hydrogens is 318 g/mol. The third-order valence-electron chi connectivity index (χ3n) is 4.64. The van der Waals surface area contributed by atoms with Crippen LogP contribution in [0.15, 0.2) is 24.3 Å². The van der Waals surface area contributed by atoms with Crippen molar-refractivity contribution in [1.29, 1.82) is 0 Å². The third kappa shape index (κ3) is 3.78. The largest absolute Gasteiger partial charge is 0.497 e. The van der Waals surface area contributed by atoms with Gasteiger partial charge in [-0.3, -0.25) is 9.59 Å². The number of H-pyrrole nitrogens is 1. The highest BCUT2D eigenvalue weighted by atomic mass is 16.5. The third-order valence-corrected chi connectivity index (χ3v) is 4.64. The van der Waals surface area contributed by atoms with Gasteiger partial charge < -0.3 is 19.9 Å². The molecule has 2 aromatic rings. The number of hydrogen-bond donors (Lipinski definition) is 2. The highest BCUT2D eigenvalue weighted by Crippen LogP contribution is 2.23. The Morgan fingerprint density at radius 3 is 2.84 bits per heavy atom. The Balaban J connectivity index is 1.72. The van der Waals surface area contributed by atoms with Crippen molar-refractivity contribution >= 4 is 22.7 Å². The number of amides is 2. The average Bonchev–Trinajstić information content (AvgIpc) is 3.04. The summed E-state index contributed by atoms with van der Waals surface area (Å²) in [5.74, 6) is 0.727. The van der Waals surface area contributed by atoms with Crippen LogP contribution in [0.3, 0.4) is 0 Å². The molecule has 0 bridgehead atoms. The molecule has 25 heavy (non-hydrogen) atoms. The lowest BCUT2D eigenvalue weighted by Crippen LogP contribution is -2.50. The van der Waals surface area contributed by atoms with Gasteiger partial charge in [-0.2, -0.15) is 0 Å². The molecule has 2 heterocycles. The molecule has 1 atom stereocenters. The van der Waals surface area contributed by atoms with E-state index in [0.29, 0.717) is 18.8 Å². The summed E-state index contributed by atoms with van der Waals surface area (Å²) < 4.78 is 5.23. The number of aromatic amines is 1. The summed E-state index contributed by atoms with van der Waals surface area (Å²) >= 11 is 0. The molecule has 1 saturated heterocycles. The number of aromatic nitrogens is 1. The minimum atomic E-state index is -0.0465. The smallest absolute Gasteiger partial charge is 0.270 e. The van der Waals surface area contributed by atoms with E-state index >= 15 is 0 Å². The molecule has 0 unspecified atom stereocenters. The zero-order valence-corrected chi connectivity index (χ0v) is 15.0. The van der Waals surface area contributed by atoms with E-state index in [1.807, 2.05) is 43.0 Å². The highest BCUT2D eigenvalue weighted by Gasteiger charge is 2.26. The van der Waals surface area contributed by atoms with Crippen molar-refractivity contribution in [2.24, 2.45) is 5.92 Å². The number of methoxy groups -OCH3 is 1. The minimum Gasteiger partial charge on any atom is -0.497 e. The summed E-state index contributed by atoms with van der Waals surface area (Å²) in [4.78, 5) is 29.7. The van der Waals surface area contributed by atoms with Gasteiger partial charge in [0, 0.05) is 36.0 Å². The van der Waals surface area contributed by atoms with Gasteiger partial charge in [0.15, 0.2) is 0 Å². The zero-order chi connectivity index (χ0) is 18.0. The monoisotopic (exact) mass is 343 g/mol. The van der Waals surface area contributed by atoms with Gasteiger partial charge in [-0.25, -0.2) is 0 Å². The molecule has 0 saturated carbocycles. The molecule has 1 aromatic heterocycles. The fraction of sp³-hybridized carbons (Fsp3) is 0.474. The van der Waals surface area contributed by atoms with Crippen molar-refractivity contribution in [2.75, 3.05) is 20.2 Å². The van der Waals surface area contributed by atoms with Crippen molar-refractivity contribution in [3.63, 3.8) is 0 Å². The van der Waals surface area contributed by atoms with Crippen LogP contribution in [0.5, 0.6) is 5.75 Å². The number of benzene rings is 1. The number of likely N-dealkylation sites (tertiary alicyclic amines) is 1. The molecule has 134 valence electrons. The first-order valence-electron chi connectivity index (χ1n) is 8.74. The number of piperidine rings is 1. The Bertz CT molecular complexity index is 781. The molecule has 1 aliphatic heterocycles. The summed E-state index contributed by atoms with van der Waals surface area (Å²) in [6, 6.07) is 7.57. The van der Waals surface area contributed by atoms with Gasteiger partial charge in [0.2, 0.25) is 5.91 Å². The van der Waals surface area contributed by atoms with Crippen LogP contribution in [-0.4, -0.2) is 47.9 Å². The lowest BCUT2D eigenvalue weighted by atomic mass is 10.0. The fourth-order valence-electron chi connectivity index (χ4n) is 3.17. The number of carbonyl (C=O) groups is 2. The van der Waals surface area contributed by atoms with E-state index in [1.165, 1.54) is 0 Å². The summed E-state index contributed by atoms with van der Waals surface area (Å²) in [5, 5.41) is 3.99. The quantitative estimate of drug-likeness (QED) is 0.896. The molecule has 1 fully saturated rings. The van der Waals surface area contributed by atoms with Crippen molar-refractivity contribution in [3.8, 4) is 5.75 Å². The highest BCUT2D eigenvalue weighted by molar-refractivity contribution is 5.98. The number of nitrogens with zero attached hydrogens (tertiary/aromatic N) is 1. The summed E-state index contributed by atoms with van der Waals surface area (Å²) in [7, 11) is 1.62. The van der Waals surface area contributed by atoms with Crippen LogP contribution in [0.2, 0.25) is 0 Å². The lowest BCUT2D eigenvalue weighted by Gasteiger charge is -2.33. The van der Waals surface area contributed by atoms with Crippen molar-refractivity contribution in [1.82, 2.24) is 15.2 Å². The van der Waals surface area contributed by atoms with Crippen LogP contribution in [0, 0.1) is 5.92 Å². The van der Waals surface area contributed by atoms with E-state index in [0.717, 1.165) is 29.5 Å². The SMILES string of the molecule is COc1ccc2[nH]c(C(=O)N3CCC[C@H](NC(=O)C(C)C)C3)cc2c1. The second kappa shape index (κ2) is 7.17. The van der Waals surface area contributed by atoms with Crippen molar-refractivity contribution < 1.29 is 14.3 Å². The first-order valence-corrected chi connectivity index (χ1v) is 8.74. The molecule has 0 spiro atoms. The van der Waals surface area contributed by atoms with Crippen LogP contribution in [0.25, 0.3) is 10.9 Å². The molecule has 0 radical (unpaired) electrons. The normalized spacial score (nSPS) is 17.8. The standard InChI is InChI=1S/C19H25N3O3/c1-12(2)18(23)20-14-5-4-8-22(11-14)19(24)17-10-13-9-15(25-3)6-7-16(13)21-17/h6-7,9-10,12,14,21H,4-5,8,11H2,1-3H3,(H,20,23)/t14-/m0/s1. The Morgan fingerprint density at radius 2 is 2.12 bits per heavy atom. The molecule has 2 amide bonds. The van der Waals surface area contributed by atoms with Crippen LogP contribution in [0.4, 0.5) is 0 Å². The van der Waals surface area contributed by atoms with Gasteiger partial charge >= 0.3 is 0 Å². The first kappa shape index (κ1) is 17.3. The first-order chi connectivity index (χ1) is 12.0. The summed E-state index contributed by atoms with van der Waals surface area (Å²) in [5.41, 5.74) is 1.48. The molecule has 2 N–H and O–H groups in total. The molecule has 1 aromatic carbocycles. The van der Waals surface area contributed by atoms with E-state index in [9.17, 15) is 9.59 Å². The maximum absolute atomic E-state index is 12.8. The number of nitrogens with one attached hydrogen (secondary N) is 2. The van der Waals surface area contributed by atoms with Crippen molar-refractivity contribution in [2.45, 2.75) is 32.7 Å². The van der Waals surface area contributed by atoms with E-state index in [1.54, 1.807) is 7.11 Å². The Labute approximate surface area is 147 Å². The second-order valence-electron chi connectivity index (χ2n) is 6.89. The van der Waals surface area contributed by atoms with E-state index < -0.39 is 0 Å². The molecule has 1 aliphatic rings. The number of rotatable bonds is 4. The lowest BCUT2D eigenvalue weighted by molar-refractivity contribution is -0.125. The Hall–Kier alpha value is -2.50. The average molecular weight is 343 g/mol. The van der Waals surface area contributed by atoms with Gasteiger partial charge in [0.25, 0.3) is 5.91 Å². The van der Waals surface area contributed by atoms with Crippen LogP contribution in [0.1, 0.15) is 37.2 Å². The zero-order valence-electron chi connectivity index (χ0n) is 15.0. The maximum atomic E-state index is 12.8. The minimum absolute atomic E-state index is 0.0251. The Kier molecular flexibility index (Phi) is 4.97. The van der Waals surface area contributed by atoms with Gasteiger partial charge in [-0.1, -0.05) is 13.8 Å². The van der Waals surface area contributed by atoms with E-state index in [-0.39, 0.29) is 23.8 Å². The number of carbonyl (C=O) groups excluding carboxylic acids is 2. The number of hydrogen-bond acceptors (Lipinski definition) is 3. The molecule has 6 nitrogen and oxygen atoms in total. The molecule has 0 aliphatic carbocycles. The maximum Gasteiger partial charge on any atom is 0.270 e. The van der Waals surface area contributed by atoms with Gasteiger partial charge in [-0.05, 0) is 37.1 Å². The van der Waals surface area contributed by atoms with Crippen molar-refractivity contribution in [3.05, 3.63) is 30.0 Å². The summed E-state index contributed by atoms with van der Waals surface area (Å²) in [6.45, 7) is 5.02. The van der Waals surface area contributed by atoms with Gasteiger partial charge in [0.05, 0.1) is 7.11 Å². The van der Waals surface area contributed by atoms with E-state index in [2.05, 4.69) is 10.3 Å². The molecule has 6 heteroatoms. The number of fused-ring (bicyclic) bond motifs is 1. The van der Waals surface area contributed by atoms with E-state index in [4.69, 9.17) is 4.74 Å². The predicted octanol–water partition coefficient (Wildman–Crippen LogP) is 2.55.